The van der Waals surface area contributed by atoms with E-state index in [2.05, 4.69) is 9.97 Å². The first kappa shape index (κ1) is 12.8. The highest BCUT2D eigenvalue weighted by Crippen LogP contribution is 2.33. The summed E-state index contributed by atoms with van der Waals surface area (Å²) in [7, 11) is 0. The molecule has 20 heavy (non-hydrogen) atoms. The van der Waals surface area contributed by atoms with Gasteiger partial charge in [0.2, 0.25) is 5.82 Å². The molecule has 1 fully saturated rings. The van der Waals surface area contributed by atoms with E-state index in [9.17, 15) is 9.90 Å². The van der Waals surface area contributed by atoms with Crippen molar-refractivity contribution in [1.82, 2.24) is 9.97 Å². The predicted octanol–water partition coefficient (Wildman–Crippen LogP) is 1.29. The molecule has 1 aliphatic rings. The van der Waals surface area contributed by atoms with Gasteiger partial charge in [0.05, 0.1) is 12.1 Å². The molecule has 2 aromatic rings. The zero-order valence-corrected chi connectivity index (χ0v) is 10.9. The normalized spacial score (nSPS) is 14.4. The quantitative estimate of drug-likeness (QED) is 0.853. The van der Waals surface area contributed by atoms with E-state index in [0.717, 1.165) is 18.2 Å². The Morgan fingerprint density at radius 1 is 1.30 bits per heavy atom. The first-order chi connectivity index (χ1) is 9.70. The van der Waals surface area contributed by atoms with E-state index in [-0.39, 0.29) is 12.4 Å². The lowest BCUT2D eigenvalue weighted by atomic mass is 10.2. The van der Waals surface area contributed by atoms with Gasteiger partial charge in [-0.15, -0.1) is 0 Å². The number of hydrogen-bond acceptors (Lipinski definition) is 5. The average Bonchev–Trinajstić information content (AvgIpc) is 3.28. The molecule has 0 bridgehead atoms. The number of aromatic carboxylic acids is 1. The van der Waals surface area contributed by atoms with Gasteiger partial charge >= 0.3 is 5.97 Å². The van der Waals surface area contributed by atoms with Crippen LogP contribution in [0, 0.1) is 0 Å². The number of nitrogens with zero attached hydrogens (tertiary/aromatic N) is 3. The Labute approximate surface area is 115 Å². The summed E-state index contributed by atoms with van der Waals surface area (Å²) in [5, 5.41) is 19.2. The zero-order chi connectivity index (χ0) is 14.1. The van der Waals surface area contributed by atoms with E-state index in [4.69, 9.17) is 5.11 Å². The molecule has 0 amide bonds. The van der Waals surface area contributed by atoms with Gasteiger partial charge in [-0.3, -0.25) is 0 Å². The van der Waals surface area contributed by atoms with E-state index in [1.807, 2.05) is 23.1 Å². The number of rotatable bonds is 5. The molecule has 0 radical (unpaired) electrons. The first-order valence-electron chi connectivity index (χ1n) is 6.58. The minimum atomic E-state index is -1.14. The fourth-order valence-electron chi connectivity index (χ4n) is 2.33. The highest BCUT2D eigenvalue weighted by molar-refractivity contribution is 5.94. The second-order valence-corrected chi connectivity index (χ2v) is 4.84. The third-order valence-electron chi connectivity index (χ3n) is 3.37. The van der Waals surface area contributed by atoms with Crippen LogP contribution in [0.15, 0.2) is 24.3 Å². The van der Waals surface area contributed by atoms with Crippen molar-refractivity contribution in [3.8, 4) is 0 Å². The number of hydrogen-bond donors (Lipinski definition) is 2. The molecule has 0 unspecified atom stereocenters. The van der Waals surface area contributed by atoms with Crippen LogP contribution >= 0.6 is 0 Å². The maximum Gasteiger partial charge on any atom is 0.374 e. The summed E-state index contributed by atoms with van der Waals surface area (Å²) >= 11 is 0. The van der Waals surface area contributed by atoms with Gasteiger partial charge in [-0.05, 0) is 25.0 Å². The van der Waals surface area contributed by atoms with Crippen molar-refractivity contribution in [2.24, 2.45) is 0 Å². The molecule has 2 N–H and O–H groups in total. The van der Waals surface area contributed by atoms with Crippen molar-refractivity contribution in [3.63, 3.8) is 0 Å². The summed E-state index contributed by atoms with van der Waals surface area (Å²) in [6.07, 6.45) is 2.08. The van der Waals surface area contributed by atoms with Crippen molar-refractivity contribution in [2.75, 3.05) is 18.1 Å². The summed E-state index contributed by atoms with van der Waals surface area (Å²) in [5.41, 5.74) is 0.610. The number of aromatic nitrogens is 2. The van der Waals surface area contributed by atoms with Gasteiger partial charge in [0.1, 0.15) is 5.82 Å². The van der Waals surface area contributed by atoms with E-state index in [1.165, 1.54) is 0 Å². The van der Waals surface area contributed by atoms with Gasteiger partial charge in [0.25, 0.3) is 0 Å². The van der Waals surface area contributed by atoms with Crippen LogP contribution in [0.25, 0.3) is 10.9 Å². The topological polar surface area (TPSA) is 86.5 Å². The van der Waals surface area contributed by atoms with Gasteiger partial charge < -0.3 is 15.1 Å². The van der Waals surface area contributed by atoms with Gasteiger partial charge in [0.15, 0.2) is 0 Å². The second-order valence-electron chi connectivity index (χ2n) is 4.84. The van der Waals surface area contributed by atoms with Crippen LogP contribution in [-0.4, -0.2) is 45.3 Å². The second kappa shape index (κ2) is 5.05. The monoisotopic (exact) mass is 273 g/mol. The van der Waals surface area contributed by atoms with Crippen LogP contribution < -0.4 is 4.90 Å². The van der Waals surface area contributed by atoms with Crippen molar-refractivity contribution in [3.05, 3.63) is 30.1 Å². The summed E-state index contributed by atoms with van der Waals surface area (Å²) in [6, 6.07) is 7.68. The Balaban J connectivity index is 2.17. The van der Waals surface area contributed by atoms with E-state index in [1.54, 1.807) is 6.07 Å². The number of fused-ring (bicyclic) bond motifs is 1. The number of carboxylic acid groups (broad SMARTS) is 1. The maximum atomic E-state index is 11.2. The SMILES string of the molecule is O=C(O)c1nc(N(CCO)C2CC2)c2ccccc2n1. The Bertz CT molecular complexity index is 655. The highest BCUT2D eigenvalue weighted by Gasteiger charge is 2.31. The van der Waals surface area contributed by atoms with Crippen molar-refractivity contribution < 1.29 is 15.0 Å². The molecule has 6 nitrogen and oxygen atoms in total. The number of carboxylic acids is 1. The minimum absolute atomic E-state index is 0.0111. The highest BCUT2D eigenvalue weighted by atomic mass is 16.4. The third kappa shape index (κ3) is 2.30. The lowest BCUT2D eigenvalue weighted by Crippen LogP contribution is -2.30. The van der Waals surface area contributed by atoms with Gasteiger partial charge in [-0.1, -0.05) is 12.1 Å². The van der Waals surface area contributed by atoms with E-state index in [0.29, 0.717) is 23.9 Å². The maximum absolute atomic E-state index is 11.2. The first-order valence-corrected chi connectivity index (χ1v) is 6.58. The summed E-state index contributed by atoms with van der Waals surface area (Å²) < 4.78 is 0. The average molecular weight is 273 g/mol. The number of aliphatic hydroxyl groups is 1. The van der Waals surface area contributed by atoms with Crippen molar-refractivity contribution in [1.29, 1.82) is 0 Å². The van der Waals surface area contributed by atoms with Gasteiger partial charge in [0, 0.05) is 18.0 Å². The predicted molar refractivity (Wildman–Crippen MR) is 74.0 cm³/mol. The Hall–Kier alpha value is -2.21. The molecule has 0 spiro atoms. The Morgan fingerprint density at radius 3 is 2.70 bits per heavy atom. The van der Waals surface area contributed by atoms with Gasteiger partial charge in [-0.2, -0.15) is 0 Å². The van der Waals surface area contributed by atoms with Gasteiger partial charge in [-0.25, -0.2) is 14.8 Å². The fourth-order valence-corrected chi connectivity index (χ4v) is 2.33. The fraction of sp³-hybridized carbons (Fsp3) is 0.357. The van der Waals surface area contributed by atoms with E-state index < -0.39 is 5.97 Å². The van der Waals surface area contributed by atoms with Crippen LogP contribution in [0.2, 0.25) is 0 Å². The molecular formula is C14H15N3O3. The van der Waals surface area contributed by atoms with Crippen LogP contribution in [0.3, 0.4) is 0 Å². The standard InChI is InChI=1S/C14H15N3O3/c18-8-7-17(9-5-6-9)13-10-3-1-2-4-11(10)15-12(16-13)14(19)20/h1-4,9,18H,5-8H2,(H,19,20). The third-order valence-corrected chi connectivity index (χ3v) is 3.37. The molecule has 0 saturated heterocycles. The molecular weight excluding hydrogens is 258 g/mol. The number of aliphatic hydroxyl groups excluding tert-OH is 1. The molecule has 1 saturated carbocycles. The van der Waals surface area contributed by atoms with E-state index >= 15 is 0 Å². The number of anilines is 1. The van der Waals surface area contributed by atoms with Crippen LogP contribution in [0.5, 0.6) is 0 Å². The lowest BCUT2D eigenvalue weighted by molar-refractivity contribution is 0.0684. The minimum Gasteiger partial charge on any atom is -0.475 e. The Morgan fingerprint density at radius 2 is 2.05 bits per heavy atom. The summed E-state index contributed by atoms with van der Waals surface area (Å²) in [5.74, 6) is -0.747. The van der Waals surface area contributed by atoms with Crippen LogP contribution in [0.1, 0.15) is 23.5 Å². The Kier molecular flexibility index (Phi) is 3.23. The molecule has 6 heteroatoms. The summed E-state index contributed by atoms with van der Waals surface area (Å²) in [4.78, 5) is 21.4. The van der Waals surface area contributed by atoms with Crippen LogP contribution in [-0.2, 0) is 0 Å². The molecule has 1 aromatic heterocycles. The molecule has 0 aliphatic heterocycles. The molecule has 104 valence electrons. The lowest BCUT2D eigenvalue weighted by Gasteiger charge is -2.24. The number of carbonyl (C=O) groups is 1. The largest absolute Gasteiger partial charge is 0.475 e. The zero-order valence-electron chi connectivity index (χ0n) is 10.9. The summed E-state index contributed by atoms with van der Waals surface area (Å²) in [6.45, 7) is 0.460. The molecule has 1 aromatic carbocycles. The molecule has 1 heterocycles. The van der Waals surface area contributed by atoms with Crippen molar-refractivity contribution in [2.45, 2.75) is 18.9 Å². The molecule has 1 aliphatic carbocycles. The number of para-hydroxylation sites is 1. The molecule has 3 rings (SSSR count). The number of benzene rings is 1. The van der Waals surface area contributed by atoms with Crippen LogP contribution in [0.4, 0.5) is 5.82 Å². The van der Waals surface area contributed by atoms with Crippen molar-refractivity contribution >= 4 is 22.7 Å². The smallest absolute Gasteiger partial charge is 0.374 e. The molecule has 0 atom stereocenters.